The lowest BCUT2D eigenvalue weighted by Gasteiger charge is -1.97. The molecule has 3 aromatic rings. The van der Waals surface area contributed by atoms with Crippen LogP contribution in [0.1, 0.15) is 0 Å². The summed E-state index contributed by atoms with van der Waals surface area (Å²) in [5, 5.41) is 1.92. The van der Waals surface area contributed by atoms with Crippen LogP contribution in [-0.2, 0) is 0 Å². The number of rotatable bonds is 0. The van der Waals surface area contributed by atoms with Crippen LogP contribution in [0, 0.1) is 5.82 Å². The van der Waals surface area contributed by atoms with E-state index in [4.69, 9.17) is 0 Å². The number of nitrogens with zero attached hydrogens (tertiary/aromatic N) is 1. The molecular weight excluding hydrogens is 197 g/mol. The van der Waals surface area contributed by atoms with E-state index in [1.54, 1.807) is 17.4 Å². The van der Waals surface area contributed by atoms with Crippen LogP contribution >= 0.6 is 11.3 Å². The molecule has 0 aliphatic carbocycles. The van der Waals surface area contributed by atoms with Gasteiger partial charge in [0, 0.05) is 5.39 Å². The molecule has 0 aliphatic rings. The standard InChI is InChI=1S/C11H6FNS/c12-8-2-3-9-7(5-8)1-4-10-11(9)13-6-14-10/h1-6H. The molecule has 1 aromatic heterocycles. The lowest BCUT2D eigenvalue weighted by atomic mass is 10.1. The Labute approximate surface area is 83.8 Å². The zero-order chi connectivity index (χ0) is 9.54. The summed E-state index contributed by atoms with van der Waals surface area (Å²) in [6.45, 7) is 0. The molecule has 0 radical (unpaired) electrons. The van der Waals surface area contributed by atoms with Gasteiger partial charge in [0.05, 0.1) is 15.7 Å². The van der Waals surface area contributed by atoms with Crippen molar-refractivity contribution in [2.45, 2.75) is 0 Å². The minimum absolute atomic E-state index is 0.202. The Kier molecular flexibility index (Phi) is 1.55. The van der Waals surface area contributed by atoms with E-state index in [0.717, 1.165) is 21.0 Å². The second-order valence-corrected chi connectivity index (χ2v) is 4.02. The van der Waals surface area contributed by atoms with Crippen LogP contribution in [0.5, 0.6) is 0 Å². The molecular formula is C11H6FNS. The van der Waals surface area contributed by atoms with E-state index in [1.165, 1.54) is 12.1 Å². The highest BCUT2D eigenvalue weighted by molar-refractivity contribution is 7.16. The highest BCUT2D eigenvalue weighted by Gasteiger charge is 2.02. The van der Waals surface area contributed by atoms with Crippen LogP contribution in [0.15, 0.2) is 35.8 Å². The first kappa shape index (κ1) is 7.88. The predicted octanol–water partition coefficient (Wildman–Crippen LogP) is 3.59. The van der Waals surface area contributed by atoms with Crippen molar-refractivity contribution in [1.82, 2.24) is 4.98 Å². The molecule has 68 valence electrons. The average Bonchev–Trinajstić information content (AvgIpc) is 2.65. The molecule has 0 N–H and O–H groups in total. The first-order chi connectivity index (χ1) is 6.84. The molecule has 0 spiro atoms. The summed E-state index contributed by atoms with van der Waals surface area (Å²) in [6, 6.07) is 8.70. The first-order valence-corrected chi connectivity index (χ1v) is 5.14. The van der Waals surface area contributed by atoms with Crippen LogP contribution in [0.3, 0.4) is 0 Å². The second-order valence-electron chi connectivity index (χ2n) is 3.13. The highest BCUT2D eigenvalue weighted by atomic mass is 32.1. The smallest absolute Gasteiger partial charge is 0.123 e. The highest BCUT2D eigenvalue weighted by Crippen LogP contribution is 2.27. The van der Waals surface area contributed by atoms with Gasteiger partial charge in [0.2, 0.25) is 0 Å². The van der Waals surface area contributed by atoms with Gasteiger partial charge in [-0.25, -0.2) is 9.37 Å². The molecule has 0 saturated heterocycles. The molecule has 0 saturated carbocycles. The van der Waals surface area contributed by atoms with Gasteiger partial charge < -0.3 is 0 Å². The fraction of sp³-hybridized carbons (Fsp3) is 0. The number of hydrogen-bond donors (Lipinski definition) is 0. The molecule has 0 fully saturated rings. The van der Waals surface area contributed by atoms with Crippen LogP contribution < -0.4 is 0 Å². The average molecular weight is 203 g/mol. The largest absolute Gasteiger partial charge is 0.244 e. The molecule has 0 amide bonds. The monoisotopic (exact) mass is 203 g/mol. The Morgan fingerprint density at radius 2 is 2.07 bits per heavy atom. The number of aromatic nitrogens is 1. The van der Waals surface area contributed by atoms with Gasteiger partial charge in [0.25, 0.3) is 0 Å². The fourth-order valence-electron chi connectivity index (χ4n) is 1.63. The van der Waals surface area contributed by atoms with Gasteiger partial charge >= 0.3 is 0 Å². The van der Waals surface area contributed by atoms with Gasteiger partial charge in [0.15, 0.2) is 0 Å². The third-order valence-corrected chi connectivity index (χ3v) is 3.07. The summed E-state index contributed by atoms with van der Waals surface area (Å²) in [6.07, 6.45) is 0. The third kappa shape index (κ3) is 1.02. The summed E-state index contributed by atoms with van der Waals surface area (Å²) in [7, 11) is 0. The number of fused-ring (bicyclic) bond motifs is 3. The van der Waals surface area contributed by atoms with Crippen molar-refractivity contribution in [2.24, 2.45) is 0 Å². The van der Waals surface area contributed by atoms with Gasteiger partial charge in [-0.15, -0.1) is 11.3 Å². The summed E-state index contributed by atoms with van der Waals surface area (Å²) in [5.74, 6) is -0.202. The van der Waals surface area contributed by atoms with Crippen molar-refractivity contribution < 1.29 is 4.39 Å². The Balaban J connectivity index is 2.57. The molecule has 2 aromatic carbocycles. The Hall–Kier alpha value is -1.48. The quantitative estimate of drug-likeness (QED) is 0.544. The molecule has 0 atom stereocenters. The van der Waals surface area contributed by atoms with Crippen molar-refractivity contribution in [3.63, 3.8) is 0 Å². The summed E-state index contributed by atoms with van der Waals surface area (Å²) < 4.78 is 14.1. The molecule has 3 heteroatoms. The van der Waals surface area contributed by atoms with E-state index in [0.29, 0.717) is 0 Å². The lowest BCUT2D eigenvalue weighted by Crippen LogP contribution is -1.77. The van der Waals surface area contributed by atoms with Gasteiger partial charge in [-0.1, -0.05) is 6.07 Å². The third-order valence-electron chi connectivity index (χ3n) is 2.28. The zero-order valence-electron chi connectivity index (χ0n) is 7.20. The van der Waals surface area contributed by atoms with E-state index in [9.17, 15) is 4.39 Å². The van der Waals surface area contributed by atoms with Crippen molar-refractivity contribution in [2.75, 3.05) is 0 Å². The molecule has 0 unspecified atom stereocenters. The van der Waals surface area contributed by atoms with Gasteiger partial charge in [-0.2, -0.15) is 0 Å². The second kappa shape index (κ2) is 2.75. The van der Waals surface area contributed by atoms with Crippen LogP contribution in [-0.4, -0.2) is 4.98 Å². The van der Waals surface area contributed by atoms with Gasteiger partial charge in [-0.3, -0.25) is 0 Å². The number of thiazole rings is 1. The molecule has 1 heterocycles. The van der Waals surface area contributed by atoms with Crippen LogP contribution in [0.25, 0.3) is 21.0 Å². The molecule has 0 bridgehead atoms. The Morgan fingerprint density at radius 1 is 1.14 bits per heavy atom. The van der Waals surface area contributed by atoms with E-state index in [-0.39, 0.29) is 5.82 Å². The lowest BCUT2D eigenvalue weighted by molar-refractivity contribution is 0.630. The van der Waals surface area contributed by atoms with E-state index < -0.39 is 0 Å². The maximum Gasteiger partial charge on any atom is 0.123 e. The topological polar surface area (TPSA) is 12.9 Å². The van der Waals surface area contributed by atoms with Gasteiger partial charge in [0.1, 0.15) is 5.82 Å². The SMILES string of the molecule is Fc1ccc2c(ccc3scnc32)c1. The summed E-state index contributed by atoms with van der Waals surface area (Å²) in [5.41, 5.74) is 2.78. The van der Waals surface area contributed by atoms with Crippen LogP contribution in [0.4, 0.5) is 4.39 Å². The molecule has 14 heavy (non-hydrogen) atoms. The normalized spacial score (nSPS) is 11.2. The molecule has 1 nitrogen and oxygen atoms in total. The number of halogens is 1. The minimum atomic E-state index is -0.202. The van der Waals surface area contributed by atoms with Crippen molar-refractivity contribution >= 4 is 32.3 Å². The number of benzene rings is 2. The maximum atomic E-state index is 12.9. The Morgan fingerprint density at radius 3 is 3.00 bits per heavy atom. The van der Waals surface area contributed by atoms with Crippen LogP contribution in [0.2, 0.25) is 0 Å². The maximum absolute atomic E-state index is 12.9. The molecule has 0 aliphatic heterocycles. The number of hydrogen-bond acceptors (Lipinski definition) is 2. The predicted molar refractivity (Wildman–Crippen MR) is 57.1 cm³/mol. The zero-order valence-corrected chi connectivity index (χ0v) is 8.01. The van der Waals surface area contributed by atoms with E-state index in [2.05, 4.69) is 4.98 Å². The summed E-state index contributed by atoms with van der Waals surface area (Å²) >= 11 is 1.60. The van der Waals surface area contributed by atoms with Crippen molar-refractivity contribution in [3.05, 3.63) is 41.7 Å². The fourth-order valence-corrected chi connectivity index (χ4v) is 2.32. The Bertz CT molecular complexity index is 615. The van der Waals surface area contributed by atoms with E-state index >= 15 is 0 Å². The van der Waals surface area contributed by atoms with Crippen molar-refractivity contribution in [3.8, 4) is 0 Å². The molecule has 3 rings (SSSR count). The first-order valence-electron chi connectivity index (χ1n) is 4.26. The van der Waals surface area contributed by atoms with Crippen molar-refractivity contribution in [1.29, 1.82) is 0 Å². The summed E-state index contributed by atoms with van der Waals surface area (Å²) in [4.78, 5) is 4.27. The minimum Gasteiger partial charge on any atom is -0.244 e. The van der Waals surface area contributed by atoms with E-state index in [1.807, 2.05) is 17.6 Å². The van der Waals surface area contributed by atoms with Gasteiger partial charge in [-0.05, 0) is 29.7 Å².